The summed E-state index contributed by atoms with van der Waals surface area (Å²) in [5.41, 5.74) is 3.83. The molecule has 0 amide bonds. The van der Waals surface area contributed by atoms with Crippen molar-refractivity contribution in [2.24, 2.45) is 5.10 Å². The van der Waals surface area contributed by atoms with Crippen LogP contribution in [0.3, 0.4) is 0 Å². The topological polar surface area (TPSA) is 62.7 Å². The highest BCUT2D eigenvalue weighted by molar-refractivity contribution is 7.80. The van der Waals surface area contributed by atoms with Gasteiger partial charge in [0.05, 0.1) is 11.8 Å². The van der Waals surface area contributed by atoms with E-state index < -0.39 is 5.97 Å². The molecule has 0 bridgehead atoms. The fraction of sp³-hybridized carbons (Fsp3) is 0.0952. The first-order valence-electron chi connectivity index (χ1n) is 8.65. The average molecular weight is 412 g/mol. The molecule has 0 aromatic heterocycles. The van der Waals surface area contributed by atoms with Crippen molar-refractivity contribution in [2.75, 3.05) is 6.54 Å². The Kier molecular flexibility index (Phi) is 6.57. The van der Waals surface area contributed by atoms with Crippen LogP contribution in [0.15, 0.2) is 65.8 Å². The predicted molar refractivity (Wildman–Crippen MR) is 117 cm³/mol. The molecule has 0 spiro atoms. The Morgan fingerprint density at radius 3 is 2.64 bits per heavy atom. The maximum atomic E-state index is 12.5. The first-order valence-corrected chi connectivity index (χ1v) is 9.43. The van der Waals surface area contributed by atoms with Crippen LogP contribution in [0.2, 0.25) is 5.02 Å². The lowest BCUT2D eigenvalue weighted by atomic mass is 10.0. The minimum Gasteiger partial charge on any atom is -0.422 e. The third-order valence-corrected chi connectivity index (χ3v) is 4.40. The van der Waals surface area contributed by atoms with Crippen LogP contribution in [-0.2, 0) is 0 Å². The largest absolute Gasteiger partial charge is 0.422 e. The number of carbonyl (C=O) groups is 1. The molecule has 0 fully saturated rings. The van der Waals surface area contributed by atoms with Crippen LogP contribution in [0, 0.1) is 0 Å². The second-order valence-electron chi connectivity index (χ2n) is 5.82. The van der Waals surface area contributed by atoms with Gasteiger partial charge in [-0.1, -0.05) is 41.9 Å². The molecule has 0 atom stereocenters. The summed E-state index contributed by atoms with van der Waals surface area (Å²) >= 11 is 11.0. The number of hydrogen-bond donors (Lipinski definition) is 2. The standard InChI is InChI=1S/C21H18ClN3O2S/c1-2-23-21(28)25-24-13-18-17-6-4-3-5-14(17)9-12-19(18)27-20(26)15-7-10-16(22)11-8-15/h3-13H,2H2,1H3,(H2,23,25,28)/b24-13-. The molecule has 3 rings (SSSR count). The number of benzene rings is 3. The monoisotopic (exact) mass is 411 g/mol. The van der Waals surface area contributed by atoms with Gasteiger partial charge in [0.25, 0.3) is 0 Å². The van der Waals surface area contributed by atoms with Gasteiger partial charge in [0.1, 0.15) is 5.75 Å². The fourth-order valence-corrected chi connectivity index (χ4v) is 2.92. The Labute approximate surface area is 173 Å². The van der Waals surface area contributed by atoms with Crippen LogP contribution in [0.4, 0.5) is 0 Å². The van der Waals surface area contributed by atoms with Crippen molar-refractivity contribution in [1.82, 2.24) is 10.7 Å². The smallest absolute Gasteiger partial charge is 0.343 e. The van der Waals surface area contributed by atoms with Crippen LogP contribution < -0.4 is 15.5 Å². The van der Waals surface area contributed by atoms with Crippen molar-refractivity contribution in [3.05, 3.63) is 76.8 Å². The van der Waals surface area contributed by atoms with Crippen molar-refractivity contribution >= 4 is 51.9 Å². The minimum absolute atomic E-state index is 0.401. The summed E-state index contributed by atoms with van der Waals surface area (Å²) in [4.78, 5) is 12.5. The number of nitrogens with zero attached hydrogens (tertiary/aromatic N) is 1. The first kappa shape index (κ1) is 19.8. The highest BCUT2D eigenvalue weighted by atomic mass is 35.5. The van der Waals surface area contributed by atoms with Crippen LogP contribution in [0.1, 0.15) is 22.8 Å². The molecule has 0 aliphatic rings. The van der Waals surface area contributed by atoms with Crippen molar-refractivity contribution in [1.29, 1.82) is 0 Å². The van der Waals surface area contributed by atoms with Gasteiger partial charge in [0.15, 0.2) is 5.11 Å². The van der Waals surface area contributed by atoms with Crippen molar-refractivity contribution in [3.63, 3.8) is 0 Å². The highest BCUT2D eigenvalue weighted by Gasteiger charge is 2.13. The van der Waals surface area contributed by atoms with E-state index in [0.717, 1.165) is 10.8 Å². The maximum absolute atomic E-state index is 12.5. The second-order valence-corrected chi connectivity index (χ2v) is 6.67. The number of hydrogen-bond acceptors (Lipinski definition) is 4. The molecule has 0 aliphatic heterocycles. The van der Waals surface area contributed by atoms with Crippen LogP contribution in [0.25, 0.3) is 10.8 Å². The van der Waals surface area contributed by atoms with E-state index in [2.05, 4.69) is 15.8 Å². The lowest BCUT2D eigenvalue weighted by Crippen LogP contribution is -2.31. The number of nitrogens with one attached hydrogen (secondary N) is 2. The van der Waals surface area contributed by atoms with Gasteiger partial charge >= 0.3 is 5.97 Å². The van der Waals surface area contributed by atoms with E-state index in [9.17, 15) is 4.79 Å². The molecule has 0 heterocycles. The molecule has 2 N–H and O–H groups in total. The Hall–Kier alpha value is -2.96. The number of fused-ring (bicyclic) bond motifs is 1. The SMILES string of the molecule is CCNC(=S)N/N=C\c1c(OC(=O)c2ccc(Cl)cc2)ccc2ccccc12. The lowest BCUT2D eigenvalue weighted by molar-refractivity contribution is 0.0735. The van der Waals surface area contributed by atoms with Gasteiger partial charge in [-0.05, 0) is 60.2 Å². The van der Waals surface area contributed by atoms with Gasteiger partial charge in [-0.25, -0.2) is 4.79 Å². The normalized spacial score (nSPS) is 10.8. The molecule has 0 unspecified atom stereocenters. The van der Waals surface area contributed by atoms with Crippen LogP contribution in [0.5, 0.6) is 5.75 Å². The highest BCUT2D eigenvalue weighted by Crippen LogP contribution is 2.27. The van der Waals surface area contributed by atoms with Crippen LogP contribution in [-0.4, -0.2) is 23.8 Å². The summed E-state index contributed by atoms with van der Waals surface area (Å²) in [6, 6.07) is 18.0. The third-order valence-electron chi connectivity index (χ3n) is 3.91. The number of hydrazone groups is 1. The molecule has 0 radical (unpaired) electrons. The summed E-state index contributed by atoms with van der Waals surface area (Å²) in [7, 11) is 0. The minimum atomic E-state index is -0.474. The van der Waals surface area contributed by atoms with Crippen LogP contribution >= 0.6 is 23.8 Å². The van der Waals surface area contributed by atoms with E-state index in [0.29, 0.717) is 33.6 Å². The Morgan fingerprint density at radius 1 is 1.14 bits per heavy atom. The Morgan fingerprint density at radius 2 is 1.89 bits per heavy atom. The van der Waals surface area contributed by atoms with Gasteiger partial charge < -0.3 is 10.1 Å². The van der Waals surface area contributed by atoms with Crippen molar-refractivity contribution < 1.29 is 9.53 Å². The molecule has 28 heavy (non-hydrogen) atoms. The van der Waals surface area contributed by atoms with Gasteiger partial charge in [-0.2, -0.15) is 5.10 Å². The zero-order chi connectivity index (χ0) is 19.9. The molecule has 5 nitrogen and oxygen atoms in total. The van der Waals surface area contributed by atoms with E-state index >= 15 is 0 Å². The summed E-state index contributed by atoms with van der Waals surface area (Å²) in [6.07, 6.45) is 1.59. The molecule has 142 valence electrons. The maximum Gasteiger partial charge on any atom is 0.343 e. The van der Waals surface area contributed by atoms with E-state index in [1.54, 1.807) is 36.5 Å². The quantitative estimate of drug-likeness (QED) is 0.212. The number of ether oxygens (including phenoxy) is 1. The summed E-state index contributed by atoms with van der Waals surface area (Å²) < 4.78 is 5.64. The van der Waals surface area contributed by atoms with E-state index in [1.165, 1.54) is 0 Å². The van der Waals surface area contributed by atoms with Crippen molar-refractivity contribution in [2.45, 2.75) is 6.92 Å². The number of halogens is 1. The number of esters is 1. The second kappa shape index (κ2) is 9.30. The first-order chi connectivity index (χ1) is 13.6. The predicted octanol–water partition coefficient (Wildman–Crippen LogP) is 4.53. The average Bonchev–Trinajstić information content (AvgIpc) is 2.70. The van der Waals surface area contributed by atoms with Crippen molar-refractivity contribution in [3.8, 4) is 5.75 Å². The van der Waals surface area contributed by atoms with Gasteiger partial charge in [0.2, 0.25) is 0 Å². The molecular formula is C21H18ClN3O2S. The molecule has 3 aromatic carbocycles. The number of rotatable bonds is 5. The molecule has 3 aromatic rings. The summed E-state index contributed by atoms with van der Waals surface area (Å²) in [5.74, 6) is -0.0729. The fourth-order valence-electron chi connectivity index (χ4n) is 2.60. The lowest BCUT2D eigenvalue weighted by Gasteiger charge is -2.11. The number of carbonyl (C=O) groups excluding carboxylic acids is 1. The zero-order valence-corrected chi connectivity index (χ0v) is 16.7. The van der Waals surface area contributed by atoms with Gasteiger partial charge in [-0.3, -0.25) is 5.43 Å². The Balaban J connectivity index is 1.92. The van der Waals surface area contributed by atoms with E-state index in [-0.39, 0.29) is 0 Å². The Bertz CT molecular complexity index is 1040. The molecule has 0 aliphatic carbocycles. The third kappa shape index (κ3) is 4.85. The van der Waals surface area contributed by atoms with E-state index in [1.807, 2.05) is 37.3 Å². The van der Waals surface area contributed by atoms with E-state index in [4.69, 9.17) is 28.6 Å². The molecule has 0 saturated heterocycles. The molecule has 7 heteroatoms. The van der Waals surface area contributed by atoms with Gasteiger partial charge in [-0.15, -0.1) is 0 Å². The summed E-state index contributed by atoms with van der Waals surface area (Å²) in [5, 5.41) is 10.0. The molecule has 0 saturated carbocycles. The summed E-state index contributed by atoms with van der Waals surface area (Å²) in [6.45, 7) is 2.64. The zero-order valence-electron chi connectivity index (χ0n) is 15.1. The van der Waals surface area contributed by atoms with Gasteiger partial charge in [0, 0.05) is 17.1 Å². The molecular weight excluding hydrogens is 394 g/mol. The number of thiocarbonyl (C=S) groups is 1.